The number of nitrogens with zero attached hydrogens (tertiary/aromatic N) is 1. The third-order valence-electron chi connectivity index (χ3n) is 13.2. The number of rotatable bonds is 3. The van der Waals surface area contributed by atoms with Crippen molar-refractivity contribution < 1.29 is 0 Å². The van der Waals surface area contributed by atoms with Crippen molar-refractivity contribution in [2.75, 3.05) is 0 Å². The first-order valence-corrected chi connectivity index (χ1v) is 20.1. The Labute approximate surface area is 331 Å². The van der Waals surface area contributed by atoms with E-state index in [0.717, 1.165) is 6.42 Å². The molecule has 57 heavy (non-hydrogen) atoms. The summed E-state index contributed by atoms with van der Waals surface area (Å²) in [4.78, 5) is 0. The van der Waals surface area contributed by atoms with Gasteiger partial charge in [-0.05, 0) is 144 Å². The SMILES string of the molecule is c1ccc(-n2c3ccccc3c3cc(-c4ccc5c(c4)-c4cc(-c6ccc7c(c6)C6(c8ccccc8-c8ccccc86)c6ccccc6-7)ccc4C5)ccc32)cc1. The van der Waals surface area contributed by atoms with Gasteiger partial charge in [-0.2, -0.15) is 0 Å². The van der Waals surface area contributed by atoms with E-state index in [1.165, 1.54) is 117 Å². The Balaban J connectivity index is 0.938. The maximum absolute atomic E-state index is 2.50. The second kappa shape index (κ2) is 11.4. The highest BCUT2D eigenvalue weighted by molar-refractivity contribution is 6.10. The number of hydrogen-bond acceptors (Lipinski definition) is 0. The van der Waals surface area contributed by atoms with Gasteiger partial charge >= 0.3 is 0 Å². The summed E-state index contributed by atoms with van der Waals surface area (Å²) in [7, 11) is 0. The van der Waals surface area contributed by atoms with Crippen LogP contribution in [0.3, 0.4) is 0 Å². The maximum atomic E-state index is 2.50. The lowest BCUT2D eigenvalue weighted by Gasteiger charge is -2.30. The number of para-hydroxylation sites is 2. The van der Waals surface area contributed by atoms with E-state index < -0.39 is 0 Å². The van der Waals surface area contributed by atoms with Crippen LogP contribution in [0.5, 0.6) is 0 Å². The Hall–Kier alpha value is -7.22. The monoisotopic (exact) mass is 721 g/mol. The number of hydrogen-bond donors (Lipinski definition) is 0. The standard InChI is InChI=1S/C56H35N/c1-2-12-41(13-3-1)57-54-21-11-7-17-46(54)49-33-37(27-29-55(49)57)35-22-24-39-30-40-25-23-36(32-48(40)47(39)31-35)38-26-28-45-44-16-6-10-20-52(44)56(53(45)34-38)50-18-8-4-14-42(50)43-15-5-9-19-51(43)56/h1-29,31-34H,30H2. The summed E-state index contributed by atoms with van der Waals surface area (Å²) in [6.07, 6.45) is 0.963. The number of aromatic nitrogens is 1. The van der Waals surface area contributed by atoms with Crippen molar-refractivity contribution in [1.29, 1.82) is 0 Å². The molecule has 0 fully saturated rings. The fourth-order valence-corrected chi connectivity index (χ4v) is 10.8. The molecule has 0 bridgehead atoms. The van der Waals surface area contributed by atoms with E-state index in [-0.39, 0.29) is 5.41 Å². The summed E-state index contributed by atoms with van der Waals surface area (Å²) in [5.41, 5.74) is 24.7. The van der Waals surface area contributed by atoms with Crippen molar-refractivity contribution in [3.63, 3.8) is 0 Å². The van der Waals surface area contributed by atoms with Crippen molar-refractivity contribution >= 4 is 21.8 Å². The minimum absolute atomic E-state index is 0.345. The van der Waals surface area contributed by atoms with Gasteiger partial charge in [-0.15, -0.1) is 0 Å². The molecule has 0 atom stereocenters. The Bertz CT molecular complexity index is 3260. The molecule has 0 saturated heterocycles. The van der Waals surface area contributed by atoms with E-state index in [0.29, 0.717) is 0 Å². The van der Waals surface area contributed by atoms with Crippen LogP contribution in [-0.2, 0) is 11.8 Å². The average molecular weight is 722 g/mol. The van der Waals surface area contributed by atoms with Gasteiger partial charge in [-0.25, -0.2) is 0 Å². The molecule has 3 aliphatic carbocycles. The minimum atomic E-state index is -0.345. The predicted octanol–water partition coefficient (Wildman–Crippen LogP) is 14.0. The fraction of sp³-hybridized carbons (Fsp3) is 0.0357. The first-order valence-electron chi connectivity index (χ1n) is 20.1. The van der Waals surface area contributed by atoms with Crippen molar-refractivity contribution in [3.8, 4) is 61.3 Å². The Morgan fingerprint density at radius 3 is 1.44 bits per heavy atom. The quantitative estimate of drug-likeness (QED) is 0.171. The molecule has 0 aliphatic heterocycles. The summed E-state index contributed by atoms with van der Waals surface area (Å²) in [6, 6.07) is 75.2. The van der Waals surface area contributed by atoms with Crippen LogP contribution < -0.4 is 0 Å². The van der Waals surface area contributed by atoms with Gasteiger partial charge in [0.15, 0.2) is 0 Å². The molecule has 1 heteroatoms. The Kier molecular flexibility index (Phi) is 6.21. The van der Waals surface area contributed by atoms with Crippen molar-refractivity contribution in [2.24, 2.45) is 0 Å². The van der Waals surface area contributed by atoms with Crippen LogP contribution in [0.4, 0.5) is 0 Å². The molecule has 0 N–H and O–H groups in total. The van der Waals surface area contributed by atoms with Crippen LogP contribution in [0, 0.1) is 0 Å². The van der Waals surface area contributed by atoms with E-state index in [1.807, 2.05) is 0 Å². The smallest absolute Gasteiger partial charge is 0.0725 e. The third-order valence-corrected chi connectivity index (χ3v) is 13.2. The minimum Gasteiger partial charge on any atom is -0.309 e. The van der Waals surface area contributed by atoms with Crippen molar-refractivity contribution in [2.45, 2.75) is 11.8 Å². The normalized spacial score (nSPS) is 13.7. The molecule has 9 aromatic carbocycles. The Morgan fingerprint density at radius 2 is 0.789 bits per heavy atom. The van der Waals surface area contributed by atoms with Crippen LogP contribution in [0.25, 0.3) is 83.1 Å². The molecule has 13 rings (SSSR count). The lowest BCUT2D eigenvalue weighted by atomic mass is 9.70. The number of benzene rings is 9. The number of fused-ring (bicyclic) bond motifs is 16. The second-order valence-corrected chi connectivity index (χ2v) is 16.0. The van der Waals surface area contributed by atoms with E-state index in [4.69, 9.17) is 0 Å². The molecule has 0 radical (unpaired) electrons. The molecule has 1 nitrogen and oxygen atoms in total. The zero-order valence-corrected chi connectivity index (χ0v) is 31.2. The molecular weight excluding hydrogens is 687 g/mol. The average Bonchev–Trinajstić information content (AvgIpc) is 3.99. The first-order chi connectivity index (χ1) is 28.3. The molecule has 1 spiro atoms. The molecule has 264 valence electrons. The highest BCUT2D eigenvalue weighted by Crippen LogP contribution is 2.63. The lowest BCUT2D eigenvalue weighted by molar-refractivity contribution is 0.794. The van der Waals surface area contributed by atoms with Crippen molar-refractivity contribution in [3.05, 3.63) is 234 Å². The summed E-state index contributed by atoms with van der Waals surface area (Å²) < 4.78 is 2.39. The molecule has 3 aliphatic rings. The predicted molar refractivity (Wildman–Crippen MR) is 236 cm³/mol. The van der Waals surface area contributed by atoms with Gasteiger partial charge in [0.1, 0.15) is 0 Å². The summed E-state index contributed by atoms with van der Waals surface area (Å²) in [5, 5.41) is 2.55. The largest absolute Gasteiger partial charge is 0.309 e. The third kappa shape index (κ3) is 4.13. The van der Waals surface area contributed by atoms with E-state index in [1.54, 1.807) is 0 Å². The summed E-state index contributed by atoms with van der Waals surface area (Å²) in [5.74, 6) is 0. The van der Waals surface area contributed by atoms with E-state index in [9.17, 15) is 0 Å². The Morgan fingerprint density at radius 1 is 0.316 bits per heavy atom. The van der Waals surface area contributed by atoms with Crippen LogP contribution >= 0.6 is 0 Å². The van der Waals surface area contributed by atoms with E-state index in [2.05, 4.69) is 205 Å². The first kappa shape index (κ1) is 31.0. The highest BCUT2D eigenvalue weighted by Gasteiger charge is 2.51. The van der Waals surface area contributed by atoms with Crippen LogP contribution in [0.1, 0.15) is 33.4 Å². The molecule has 0 saturated carbocycles. The van der Waals surface area contributed by atoms with Gasteiger partial charge in [0, 0.05) is 16.5 Å². The zero-order chi connectivity index (χ0) is 37.2. The van der Waals surface area contributed by atoms with Crippen LogP contribution in [0.15, 0.2) is 200 Å². The molecule has 0 amide bonds. The summed E-state index contributed by atoms with van der Waals surface area (Å²) >= 11 is 0. The molecule has 10 aromatic rings. The topological polar surface area (TPSA) is 4.93 Å². The van der Waals surface area contributed by atoms with Gasteiger partial charge in [0.2, 0.25) is 0 Å². The molecule has 0 unspecified atom stereocenters. The van der Waals surface area contributed by atoms with Crippen molar-refractivity contribution in [1.82, 2.24) is 4.57 Å². The van der Waals surface area contributed by atoms with Crippen LogP contribution in [-0.4, -0.2) is 4.57 Å². The van der Waals surface area contributed by atoms with Gasteiger partial charge in [-0.3, -0.25) is 0 Å². The summed E-state index contributed by atoms with van der Waals surface area (Å²) in [6.45, 7) is 0. The maximum Gasteiger partial charge on any atom is 0.0725 e. The zero-order valence-electron chi connectivity index (χ0n) is 31.2. The van der Waals surface area contributed by atoms with Crippen LogP contribution in [0.2, 0.25) is 0 Å². The van der Waals surface area contributed by atoms with Gasteiger partial charge in [-0.1, -0.05) is 152 Å². The van der Waals surface area contributed by atoms with Gasteiger partial charge < -0.3 is 4.57 Å². The van der Waals surface area contributed by atoms with Gasteiger partial charge in [0.05, 0.1) is 16.4 Å². The lowest BCUT2D eigenvalue weighted by Crippen LogP contribution is -2.25. The van der Waals surface area contributed by atoms with Gasteiger partial charge in [0.25, 0.3) is 0 Å². The molecule has 1 heterocycles. The second-order valence-electron chi connectivity index (χ2n) is 16.0. The fourth-order valence-electron chi connectivity index (χ4n) is 10.8. The molecular formula is C56H35N. The molecule has 1 aromatic heterocycles. The van der Waals surface area contributed by atoms with E-state index >= 15 is 0 Å². The highest BCUT2D eigenvalue weighted by atomic mass is 15.0.